The summed E-state index contributed by atoms with van der Waals surface area (Å²) in [4.78, 5) is 32.2. The van der Waals surface area contributed by atoms with Gasteiger partial charge in [0.15, 0.2) is 0 Å². The number of ketones is 1. The number of rotatable bonds is 7. The van der Waals surface area contributed by atoms with Gasteiger partial charge < -0.3 is 9.47 Å². The molecule has 0 N–H and O–H groups in total. The first-order valence-corrected chi connectivity index (χ1v) is 13.2. The quantitative estimate of drug-likeness (QED) is 0.339. The van der Waals surface area contributed by atoms with Gasteiger partial charge in [-0.1, -0.05) is 73.7 Å². The minimum atomic E-state index is -0.472. The van der Waals surface area contributed by atoms with E-state index >= 15 is 0 Å². The SMILES string of the molecule is CCc1ccc([C@H]2C(C(=O)OCc3ccccc3)=C(C)N=C3C[C@@H](c4ccc(OC)cc4)CC(=O)C32)cc1. The van der Waals surface area contributed by atoms with Crippen molar-refractivity contribution >= 4 is 17.5 Å². The fourth-order valence-electron chi connectivity index (χ4n) is 5.68. The summed E-state index contributed by atoms with van der Waals surface area (Å²) in [7, 11) is 1.64. The zero-order valence-electron chi connectivity index (χ0n) is 22.1. The van der Waals surface area contributed by atoms with E-state index < -0.39 is 17.8 Å². The Bertz CT molecular complexity index is 1370. The van der Waals surface area contributed by atoms with E-state index in [2.05, 4.69) is 19.1 Å². The summed E-state index contributed by atoms with van der Waals surface area (Å²) in [6.45, 7) is 4.14. The van der Waals surface area contributed by atoms with Crippen LogP contribution in [0.25, 0.3) is 0 Å². The molecule has 0 saturated heterocycles. The van der Waals surface area contributed by atoms with Crippen molar-refractivity contribution in [3.63, 3.8) is 0 Å². The Hall–Kier alpha value is -3.99. The first kappa shape index (κ1) is 25.7. The number of aliphatic imine (C=N–C) groups is 1. The van der Waals surface area contributed by atoms with Gasteiger partial charge in [-0.3, -0.25) is 9.79 Å². The van der Waals surface area contributed by atoms with E-state index in [1.165, 1.54) is 5.56 Å². The molecule has 3 atom stereocenters. The molecule has 2 aliphatic rings. The maximum atomic E-state index is 13.8. The van der Waals surface area contributed by atoms with Crippen LogP contribution in [0.5, 0.6) is 5.75 Å². The van der Waals surface area contributed by atoms with E-state index in [1.807, 2.05) is 73.7 Å². The Morgan fingerprint density at radius 2 is 1.55 bits per heavy atom. The van der Waals surface area contributed by atoms with Gasteiger partial charge in [0.1, 0.15) is 18.1 Å². The van der Waals surface area contributed by atoms with Crippen LogP contribution in [0.1, 0.15) is 60.8 Å². The highest BCUT2D eigenvalue weighted by molar-refractivity contribution is 6.12. The molecule has 1 heterocycles. The number of carbonyl (C=O) groups is 2. The predicted molar refractivity (Wildman–Crippen MR) is 148 cm³/mol. The molecule has 1 fully saturated rings. The highest BCUT2D eigenvalue weighted by Crippen LogP contribution is 2.46. The van der Waals surface area contributed by atoms with Crippen molar-refractivity contribution in [3.05, 3.63) is 112 Å². The number of fused-ring (bicyclic) bond motifs is 1. The topological polar surface area (TPSA) is 65.0 Å². The Balaban J connectivity index is 1.50. The molecule has 0 spiro atoms. The monoisotopic (exact) mass is 507 g/mol. The molecule has 1 aliphatic carbocycles. The first-order valence-electron chi connectivity index (χ1n) is 13.2. The van der Waals surface area contributed by atoms with Gasteiger partial charge in [0.25, 0.3) is 0 Å². The summed E-state index contributed by atoms with van der Waals surface area (Å²) < 4.78 is 11.1. The lowest BCUT2D eigenvalue weighted by Gasteiger charge is -2.38. The van der Waals surface area contributed by atoms with Crippen molar-refractivity contribution in [2.45, 2.75) is 51.6 Å². The first-order chi connectivity index (χ1) is 18.5. The Labute approximate surface area is 224 Å². The van der Waals surface area contributed by atoms with E-state index in [-0.39, 0.29) is 18.3 Å². The van der Waals surface area contributed by atoms with Gasteiger partial charge in [-0.25, -0.2) is 4.79 Å². The van der Waals surface area contributed by atoms with Crippen molar-refractivity contribution in [2.24, 2.45) is 10.9 Å². The lowest BCUT2D eigenvalue weighted by Crippen LogP contribution is -2.41. The molecule has 38 heavy (non-hydrogen) atoms. The van der Waals surface area contributed by atoms with Gasteiger partial charge in [-0.2, -0.15) is 0 Å². The second kappa shape index (κ2) is 11.2. The number of allylic oxidation sites excluding steroid dienone is 1. The average Bonchev–Trinajstić information content (AvgIpc) is 2.95. The lowest BCUT2D eigenvalue weighted by atomic mass is 9.66. The molecule has 5 rings (SSSR count). The van der Waals surface area contributed by atoms with E-state index in [4.69, 9.17) is 14.5 Å². The number of methoxy groups -OCH3 is 1. The maximum absolute atomic E-state index is 13.8. The summed E-state index contributed by atoms with van der Waals surface area (Å²) in [5, 5.41) is 0. The minimum absolute atomic E-state index is 0.0471. The third kappa shape index (κ3) is 5.19. The molecular weight excluding hydrogens is 474 g/mol. The number of nitrogens with zero attached hydrogens (tertiary/aromatic N) is 1. The van der Waals surface area contributed by atoms with Crippen LogP contribution in [0.3, 0.4) is 0 Å². The number of ether oxygens (including phenoxy) is 2. The number of hydrogen-bond donors (Lipinski definition) is 0. The van der Waals surface area contributed by atoms with E-state index in [0.29, 0.717) is 24.1 Å². The Kier molecular flexibility index (Phi) is 7.54. The van der Waals surface area contributed by atoms with E-state index in [1.54, 1.807) is 7.11 Å². The molecule has 5 nitrogen and oxygen atoms in total. The highest BCUT2D eigenvalue weighted by atomic mass is 16.5. The molecule has 1 unspecified atom stereocenters. The molecule has 5 heteroatoms. The summed E-state index contributed by atoms with van der Waals surface area (Å²) in [6.07, 6.45) is 2.01. The zero-order valence-corrected chi connectivity index (χ0v) is 22.1. The van der Waals surface area contributed by atoms with Crippen LogP contribution < -0.4 is 4.74 Å². The average molecular weight is 508 g/mol. The van der Waals surface area contributed by atoms with Gasteiger partial charge in [-0.05, 0) is 60.1 Å². The largest absolute Gasteiger partial charge is 0.497 e. The van der Waals surface area contributed by atoms with Crippen molar-refractivity contribution in [1.29, 1.82) is 0 Å². The molecule has 0 aromatic heterocycles. The number of esters is 1. The smallest absolute Gasteiger partial charge is 0.336 e. The fraction of sp³-hybridized carbons (Fsp3) is 0.303. The van der Waals surface area contributed by atoms with Gasteiger partial charge in [0, 0.05) is 23.7 Å². The van der Waals surface area contributed by atoms with Crippen molar-refractivity contribution in [3.8, 4) is 5.75 Å². The second-order valence-electron chi connectivity index (χ2n) is 10.1. The minimum Gasteiger partial charge on any atom is -0.497 e. The molecule has 0 bridgehead atoms. The summed E-state index contributed by atoms with van der Waals surface area (Å²) in [5.41, 5.74) is 6.13. The van der Waals surface area contributed by atoms with E-state index in [9.17, 15) is 9.59 Å². The zero-order chi connectivity index (χ0) is 26.6. The van der Waals surface area contributed by atoms with Gasteiger partial charge in [0.2, 0.25) is 0 Å². The van der Waals surface area contributed by atoms with Crippen LogP contribution in [0, 0.1) is 5.92 Å². The molecule has 1 aliphatic heterocycles. The molecule has 194 valence electrons. The third-order valence-corrected chi connectivity index (χ3v) is 7.72. The van der Waals surface area contributed by atoms with E-state index in [0.717, 1.165) is 34.6 Å². The standard InChI is InChI=1S/C33H33NO4/c1-4-22-10-12-25(13-11-22)31-30(33(36)38-20-23-8-6-5-7-9-23)21(2)34-28-18-26(19-29(35)32(28)31)24-14-16-27(37-3)17-15-24/h5-17,26,31-32H,4,18-20H2,1-3H3/t26-,31+,32?/m1/s1. The summed E-state index contributed by atoms with van der Waals surface area (Å²) in [5.74, 6) is -0.353. The normalized spacial score (nSPS) is 21.0. The molecule has 0 radical (unpaired) electrons. The van der Waals surface area contributed by atoms with Gasteiger partial charge in [-0.15, -0.1) is 0 Å². The van der Waals surface area contributed by atoms with Crippen LogP contribution >= 0.6 is 0 Å². The number of aryl methyl sites for hydroxylation is 1. The van der Waals surface area contributed by atoms with Gasteiger partial charge >= 0.3 is 5.97 Å². The molecular formula is C33H33NO4. The van der Waals surface area contributed by atoms with Crippen LogP contribution in [0.15, 0.2) is 95.1 Å². The van der Waals surface area contributed by atoms with Gasteiger partial charge in [0.05, 0.1) is 18.6 Å². The van der Waals surface area contributed by atoms with Crippen molar-refractivity contribution < 1.29 is 19.1 Å². The number of Topliss-reactive ketones (excluding diaryl/α,β-unsaturated/α-hetero) is 1. The molecule has 0 amide bonds. The van der Waals surface area contributed by atoms with Crippen molar-refractivity contribution in [2.75, 3.05) is 7.11 Å². The molecule has 3 aromatic carbocycles. The van der Waals surface area contributed by atoms with Crippen LogP contribution in [0.2, 0.25) is 0 Å². The summed E-state index contributed by atoms with van der Waals surface area (Å²) in [6, 6.07) is 25.8. The highest BCUT2D eigenvalue weighted by Gasteiger charge is 2.46. The third-order valence-electron chi connectivity index (χ3n) is 7.72. The number of hydrogen-bond acceptors (Lipinski definition) is 5. The fourth-order valence-corrected chi connectivity index (χ4v) is 5.68. The van der Waals surface area contributed by atoms with Crippen molar-refractivity contribution in [1.82, 2.24) is 0 Å². The lowest BCUT2D eigenvalue weighted by molar-refractivity contribution is -0.140. The molecule has 3 aromatic rings. The Morgan fingerprint density at radius 1 is 0.868 bits per heavy atom. The second-order valence-corrected chi connectivity index (χ2v) is 10.1. The predicted octanol–water partition coefficient (Wildman–Crippen LogP) is 6.58. The van der Waals surface area contributed by atoms with Crippen LogP contribution in [0.4, 0.5) is 0 Å². The number of benzene rings is 3. The number of carbonyl (C=O) groups excluding carboxylic acids is 2. The Morgan fingerprint density at radius 3 is 2.21 bits per heavy atom. The van der Waals surface area contributed by atoms with Crippen LogP contribution in [-0.2, 0) is 27.4 Å². The molecule has 1 saturated carbocycles. The maximum Gasteiger partial charge on any atom is 0.336 e. The summed E-state index contributed by atoms with van der Waals surface area (Å²) >= 11 is 0. The van der Waals surface area contributed by atoms with Crippen LogP contribution in [-0.4, -0.2) is 24.6 Å².